The Morgan fingerprint density at radius 3 is 2.70 bits per heavy atom. The van der Waals surface area contributed by atoms with Gasteiger partial charge < -0.3 is 10.0 Å². The molecule has 0 amide bonds. The van der Waals surface area contributed by atoms with E-state index in [0.29, 0.717) is 13.0 Å². The van der Waals surface area contributed by atoms with Crippen LogP contribution in [0.5, 0.6) is 0 Å². The first-order valence-corrected chi connectivity index (χ1v) is 6.54. The fraction of sp³-hybridized carbons (Fsp3) is 0.667. The highest BCUT2D eigenvalue weighted by Gasteiger charge is 2.28. The molecule has 20 heavy (non-hydrogen) atoms. The van der Waals surface area contributed by atoms with Crippen LogP contribution in [-0.4, -0.2) is 38.0 Å². The Morgan fingerprint density at radius 1 is 1.35 bits per heavy atom. The average Bonchev–Trinajstić information content (AvgIpc) is 2.41. The second kappa shape index (κ2) is 5.48. The molecule has 0 spiro atoms. The summed E-state index contributed by atoms with van der Waals surface area (Å²) in [7, 11) is 2.87. The molecule has 1 saturated heterocycles. The zero-order chi connectivity index (χ0) is 14.9. The van der Waals surface area contributed by atoms with Crippen molar-refractivity contribution in [3.63, 3.8) is 0 Å². The summed E-state index contributed by atoms with van der Waals surface area (Å²) in [5.74, 6) is -0.746. The zero-order valence-electron chi connectivity index (χ0n) is 11.6. The Balaban J connectivity index is 2.45. The number of hydrogen-bond donors (Lipinski definition) is 1. The monoisotopic (exact) mass is 282 g/mol. The summed E-state index contributed by atoms with van der Waals surface area (Å²) in [6, 6.07) is -0.251. The van der Waals surface area contributed by atoms with Gasteiger partial charge in [-0.05, 0) is 19.3 Å². The molecule has 1 unspecified atom stereocenters. The Kier molecular flexibility index (Phi) is 3.91. The van der Waals surface area contributed by atoms with Gasteiger partial charge in [0.05, 0.1) is 6.42 Å². The molecule has 1 aliphatic rings. The molecular weight excluding hydrogens is 264 g/mol. The molecule has 1 aromatic heterocycles. The fourth-order valence-electron chi connectivity index (χ4n) is 2.56. The number of aromatic nitrogens is 3. The SMILES string of the molecule is Cn1nc(N2CCCCC2CC(=O)O)c(=O)n(C)c1=O. The van der Waals surface area contributed by atoms with Gasteiger partial charge in [0, 0.05) is 26.7 Å². The largest absolute Gasteiger partial charge is 0.481 e. The van der Waals surface area contributed by atoms with Gasteiger partial charge in [-0.3, -0.25) is 14.2 Å². The molecule has 0 radical (unpaired) electrons. The summed E-state index contributed by atoms with van der Waals surface area (Å²) in [6.07, 6.45) is 2.48. The minimum atomic E-state index is -0.899. The first kappa shape index (κ1) is 14.3. The summed E-state index contributed by atoms with van der Waals surface area (Å²) in [5.41, 5.74) is -0.976. The topological polar surface area (TPSA) is 97.4 Å². The number of anilines is 1. The summed E-state index contributed by atoms with van der Waals surface area (Å²) in [5, 5.41) is 13.0. The molecule has 2 heterocycles. The van der Waals surface area contributed by atoms with E-state index in [-0.39, 0.29) is 18.3 Å². The Labute approximate surface area is 115 Å². The van der Waals surface area contributed by atoms with E-state index in [1.165, 1.54) is 14.1 Å². The predicted octanol–water partition coefficient (Wildman–Crippen LogP) is -0.687. The molecular formula is C12H18N4O4. The molecule has 1 aliphatic heterocycles. The van der Waals surface area contributed by atoms with Gasteiger partial charge in [0.25, 0.3) is 5.56 Å². The molecule has 2 rings (SSSR count). The van der Waals surface area contributed by atoms with Gasteiger partial charge in [-0.1, -0.05) is 0 Å². The van der Waals surface area contributed by atoms with Crippen LogP contribution >= 0.6 is 0 Å². The van der Waals surface area contributed by atoms with Crippen molar-refractivity contribution in [1.82, 2.24) is 14.3 Å². The Bertz CT molecular complexity index is 633. The van der Waals surface area contributed by atoms with Crippen molar-refractivity contribution < 1.29 is 9.90 Å². The maximum Gasteiger partial charge on any atom is 0.346 e. The van der Waals surface area contributed by atoms with E-state index in [1.54, 1.807) is 4.90 Å². The van der Waals surface area contributed by atoms with Crippen molar-refractivity contribution in [2.45, 2.75) is 31.7 Å². The second-order valence-corrected chi connectivity index (χ2v) is 5.03. The number of piperidine rings is 1. The highest BCUT2D eigenvalue weighted by Crippen LogP contribution is 2.22. The molecule has 0 saturated carbocycles. The van der Waals surface area contributed by atoms with Crippen LogP contribution in [0.15, 0.2) is 9.59 Å². The number of carboxylic acids is 1. The highest BCUT2D eigenvalue weighted by atomic mass is 16.4. The molecule has 8 heteroatoms. The van der Waals surface area contributed by atoms with E-state index in [0.717, 1.165) is 22.1 Å². The minimum absolute atomic E-state index is 0.0341. The van der Waals surface area contributed by atoms with Gasteiger partial charge >= 0.3 is 11.7 Å². The molecule has 1 N–H and O–H groups in total. The number of rotatable bonds is 3. The van der Waals surface area contributed by atoms with Crippen molar-refractivity contribution in [2.75, 3.05) is 11.4 Å². The number of carboxylic acid groups (broad SMARTS) is 1. The molecule has 8 nitrogen and oxygen atoms in total. The van der Waals surface area contributed by atoms with E-state index in [9.17, 15) is 14.4 Å². The minimum Gasteiger partial charge on any atom is -0.481 e. The number of hydrogen-bond acceptors (Lipinski definition) is 5. The number of carbonyl (C=O) groups is 1. The Morgan fingerprint density at radius 2 is 2.05 bits per heavy atom. The lowest BCUT2D eigenvalue weighted by atomic mass is 9.99. The summed E-state index contributed by atoms with van der Waals surface area (Å²) in [4.78, 5) is 36.5. The predicted molar refractivity (Wildman–Crippen MR) is 72.0 cm³/mol. The van der Waals surface area contributed by atoms with Crippen LogP contribution in [-0.2, 0) is 18.9 Å². The van der Waals surface area contributed by atoms with Gasteiger partial charge in [-0.2, -0.15) is 0 Å². The molecule has 0 bridgehead atoms. The zero-order valence-corrected chi connectivity index (χ0v) is 11.6. The summed E-state index contributed by atoms with van der Waals surface area (Å²) < 4.78 is 2.10. The number of aliphatic carboxylic acids is 1. The standard InChI is InChI=1S/C12H18N4O4/c1-14-11(19)10(13-15(2)12(14)20)16-6-4-3-5-8(16)7-9(17)18/h8H,3-7H2,1-2H3,(H,17,18). The molecule has 0 aromatic carbocycles. The third-order valence-electron chi connectivity index (χ3n) is 3.61. The van der Waals surface area contributed by atoms with Gasteiger partial charge in [0.1, 0.15) is 0 Å². The van der Waals surface area contributed by atoms with Crippen LogP contribution in [0.4, 0.5) is 5.82 Å². The molecule has 110 valence electrons. The van der Waals surface area contributed by atoms with E-state index < -0.39 is 17.2 Å². The maximum atomic E-state index is 12.2. The smallest absolute Gasteiger partial charge is 0.346 e. The van der Waals surface area contributed by atoms with Crippen molar-refractivity contribution >= 4 is 11.8 Å². The highest BCUT2D eigenvalue weighted by molar-refractivity contribution is 5.68. The lowest BCUT2D eigenvalue weighted by Gasteiger charge is -2.35. The van der Waals surface area contributed by atoms with Crippen LogP contribution in [0, 0.1) is 0 Å². The van der Waals surface area contributed by atoms with Gasteiger partial charge in [-0.25, -0.2) is 9.48 Å². The van der Waals surface area contributed by atoms with Crippen molar-refractivity contribution in [3.05, 3.63) is 20.8 Å². The number of aryl methyl sites for hydroxylation is 1. The van der Waals surface area contributed by atoms with E-state index in [1.807, 2.05) is 0 Å². The molecule has 1 atom stereocenters. The van der Waals surface area contributed by atoms with Crippen molar-refractivity contribution in [3.8, 4) is 0 Å². The Hall–Kier alpha value is -2.12. The molecule has 1 fully saturated rings. The van der Waals surface area contributed by atoms with Crippen molar-refractivity contribution in [1.29, 1.82) is 0 Å². The van der Waals surface area contributed by atoms with E-state index in [4.69, 9.17) is 5.11 Å². The fourth-order valence-corrected chi connectivity index (χ4v) is 2.56. The van der Waals surface area contributed by atoms with Crippen LogP contribution in [0.3, 0.4) is 0 Å². The summed E-state index contributed by atoms with van der Waals surface area (Å²) in [6.45, 7) is 0.582. The molecule has 0 aliphatic carbocycles. The third kappa shape index (κ3) is 2.59. The third-order valence-corrected chi connectivity index (χ3v) is 3.61. The van der Waals surface area contributed by atoms with Crippen LogP contribution in [0.25, 0.3) is 0 Å². The quantitative estimate of drug-likeness (QED) is 0.788. The molecule has 1 aromatic rings. The van der Waals surface area contributed by atoms with Crippen LogP contribution in [0.2, 0.25) is 0 Å². The maximum absolute atomic E-state index is 12.2. The van der Waals surface area contributed by atoms with Crippen LogP contribution < -0.4 is 16.1 Å². The normalized spacial score (nSPS) is 19.1. The number of nitrogens with zero attached hydrogens (tertiary/aromatic N) is 4. The lowest BCUT2D eigenvalue weighted by molar-refractivity contribution is -0.137. The van der Waals surface area contributed by atoms with Gasteiger partial charge in [-0.15, -0.1) is 5.10 Å². The van der Waals surface area contributed by atoms with E-state index in [2.05, 4.69) is 5.10 Å². The average molecular weight is 282 g/mol. The summed E-state index contributed by atoms with van der Waals surface area (Å²) >= 11 is 0. The van der Waals surface area contributed by atoms with Gasteiger partial charge in [0.2, 0.25) is 5.82 Å². The van der Waals surface area contributed by atoms with E-state index >= 15 is 0 Å². The first-order valence-electron chi connectivity index (χ1n) is 6.54. The second-order valence-electron chi connectivity index (χ2n) is 5.03. The van der Waals surface area contributed by atoms with Crippen molar-refractivity contribution in [2.24, 2.45) is 14.1 Å². The van der Waals surface area contributed by atoms with Gasteiger partial charge in [0.15, 0.2) is 0 Å². The first-order chi connectivity index (χ1) is 9.41. The lowest BCUT2D eigenvalue weighted by Crippen LogP contribution is -2.48. The van der Waals surface area contributed by atoms with Crippen LogP contribution in [0.1, 0.15) is 25.7 Å².